The van der Waals surface area contributed by atoms with Crippen LogP contribution in [0.15, 0.2) is 58.4 Å². The number of nitrogens with one attached hydrogen (secondary N) is 1. The third-order valence-corrected chi connectivity index (χ3v) is 6.71. The molecule has 4 rings (SSSR count). The maximum atomic E-state index is 13.5. The Morgan fingerprint density at radius 3 is 2.53 bits per heavy atom. The van der Waals surface area contributed by atoms with Crippen molar-refractivity contribution in [3.05, 3.63) is 80.6 Å². The van der Waals surface area contributed by atoms with Crippen LogP contribution < -0.4 is 10.9 Å². The minimum atomic E-state index is -0.833. The van der Waals surface area contributed by atoms with E-state index in [-0.39, 0.29) is 17.5 Å². The van der Waals surface area contributed by atoms with Crippen LogP contribution in [0.5, 0.6) is 0 Å². The number of thiocarbonyl (C=S) groups is 1. The average Bonchev–Trinajstić information content (AvgIpc) is 3.10. The minimum absolute atomic E-state index is 0.0867. The number of rotatable bonds is 6. The second-order valence-electron chi connectivity index (χ2n) is 8.19. The summed E-state index contributed by atoms with van der Waals surface area (Å²) in [5, 5.41) is 10.8. The Kier molecular flexibility index (Phi) is 9.00. The normalized spacial score (nSPS) is 15.1. The number of aryl methyl sites for hydroxylation is 1. The summed E-state index contributed by atoms with van der Waals surface area (Å²) in [6.45, 7) is 7.58. The summed E-state index contributed by atoms with van der Waals surface area (Å²) in [5.41, 5.74) is 2.64. The van der Waals surface area contributed by atoms with E-state index >= 15 is 0 Å². The number of carboxylic acids is 1. The van der Waals surface area contributed by atoms with Crippen molar-refractivity contribution >= 4 is 57.7 Å². The van der Waals surface area contributed by atoms with Crippen molar-refractivity contribution in [1.82, 2.24) is 14.3 Å². The van der Waals surface area contributed by atoms with Gasteiger partial charge in [0.2, 0.25) is 0 Å². The number of hydrogen-bond acceptors (Lipinski definition) is 7. The molecule has 1 aromatic carbocycles. The van der Waals surface area contributed by atoms with Crippen LogP contribution in [0.1, 0.15) is 49.9 Å². The van der Waals surface area contributed by atoms with Gasteiger partial charge in [0.05, 0.1) is 10.5 Å². The number of carbonyl (C=O) groups is 2. The van der Waals surface area contributed by atoms with Gasteiger partial charge in [-0.25, -0.2) is 4.98 Å². The molecule has 10 heteroatoms. The predicted octanol–water partition coefficient (Wildman–Crippen LogP) is 4.88. The van der Waals surface area contributed by atoms with E-state index in [1.165, 1.54) is 16.2 Å². The molecule has 3 heterocycles. The van der Waals surface area contributed by atoms with Crippen molar-refractivity contribution < 1.29 is 14.7 Å². The van der Waals surface area contributed by atoms with Crippen LogP contribution in [0.25, 0.3) is 11.7 Å². The summed E-state index contributed by atoms with van der Waals surface area (Å²) >= 11 is 6.61. The number of hydrogen-bond donors (Lipinski definition) is 2. The lowest BCUT2D eigenvalue weighted by molar-refractivity contribution is -0.134. The summed E-state index contributed by atoms with van der Waals surface area (Å²) in [4.78, 5) is 42.2. The molecule has 0 radical (unpaired) electrons. The quantitative estimate of drug-likeness (QED) is 0.347. The molecular formula is C26H28N4O4S2. The van der Waals surface area contributed by atoms with Crippen LogP contribution >= 0.6 is 24.0 Å². The fourth-order valence-corrected chi connectivity index (χ4v) is 4.92. The van der Waals surface area contributed by atoms with Crippen molar-refractivity contribution in [3.8, 4) is 0 Å². The highest BCUT2D eigenvalue weighted by Gasteiger charge is 2.32. The fraction of sp³-hybridized carbons (Fsp3) is 0.269. The highest BCUT2D eigenvalue weighted by Crippen LogP contribution is 2.33. The fourth-order valence-electron chi connectivity index (χ4n) is 3.63. The second-order valence-corrected chi connectivity index (χ2v) is 9.87. The standard InChI is InChI=1S/C24H24N4O2S2.C2H4O2/c1-4-12-28-23(30)19(32-24(28)31)14-18-20(25-16(3)17-10-6-5-7-11-17)26-21-15(2)9-8-13-27(21)22(18)29;1-2(3)4/h5-11,13-14,16,25H,4,12H2,1-3H3;1H3,(H,3,4)/b19-14-;. The lowest BCUT2D eigenvalue weighted by atomic mass is 10.1. The van der Waals surface area contributed by atoms with Crippen molar-refractivity contribution in [2.24, 2.45) is 0 Å². The van der Waals surface area contributed by atoms with E-state index in [0.29, 0.717) is 32.8 Å². The first-order valence-corrected chi connectivity index (χ1v) is 12.6. The number of carboxylic acid groups (broad SMARTS) is 1. The first-order valence-electron chi connectivity index (χ1n) is 11.4. The van der Waals surface area contributed by atoms with E-state index in [0.717, 1.165) is 24.5 Å². The number of aromatic nitrogens is 2. The van der Waals surface area contributed by atoms with Crippen LogP contribution in [-0.4, -0.2) is 42.1 Å². The molecule has 1 amide bonds. The minimum Gasteiger partial charge on any atom is -0.481 e. The number of amides is 1. The lowest BCUT2D eigenvalue weighted by Gasteiger charge is -2.18. The van der Waals surface area contributed by atoms with Gasteiger partial charge in [0.25, 0.3) is 17.4 Å². The van der Waals surface area contributed by atoms with Gasteiger partial charge in [-0.1, -0.05) is 67.3 Å². The van der Waals surface area contributed by atoms with Crippen LogP contribution in [-0.2, 0) is 9.59 Å². The Bertz CT molecular complexity index is 1380. The molecule has 36 heavy (non-hydrogen) atoms. The van der Waals surface area contributed by atoms with Gasteiger partial charge < -0.3 is 10.4 Å². The first kappa shape index (κ1) is 27.1. The van der Waals surface area contributed by atoms with E-state index in [9.17, 15) is 9.59 Å². The van der Waals surface area contributed by atoms with Crippen LogP contribution in [0, 0.1) is 6.92 Å². The lowest BCUT2D eigenvalue weighted by Crippen LogP contribution is -2.28. The molecule has 8 nitrogen and oxygen atoms in total. The van der Waals surface area contributed by atoms with Crippen LogP contribution in [0.3, 0.4) is 0 Å². The number of benzene rings is 1. The van der Waals surface area contributed by atoms with E-state index in [1.807, 2.05) is 63.2 Å². The molecule has 3 aromatic rings. The monoisotopic (exact) mass is 524 g/mol. The number of anilines is 1. The Labute approximate surface area is 219 Å². The van der Waals surface area contributed by atoms with Gasteiger partial charge in [0.1, 0.15) is 15.8 Å². The highest BCUT2D eigenvalue weighted by atomic mass is 32.2. The average molecular weight is 525 g/mol. The molecule has 188 valence electrons. The van der Waals surface area contributed by atoms with Gasteiger partial charge in [-0.2, -0.15) is 0 Å². The molecule has 1 atom stereocenters. The smallest absolute Gasteiger partial charge is 0.300 e. The summed E-state index contributed by atoms with van der Waals surface area (Å²) < 4.78 is 2.03. The van der Waals surface area contributed by atoms with Gasteiger partial charge in [-0.05, 0) is 43.5 Å². The zero-order valence-electron chi connectivity index (χ0n) is 20.5. The molecule has 0 aliphatic carbocycles. The van der Waals surface area contributed by atoms with Crippen molar-refractivity contribution in [3.63, 3.8) is 0 Å². The molecule has 1 aliphatic rings. The van der Waals surface area contributed by atoms with E-state index in [1.54, 1.807) is 17.2 Å². The third kappa shape index (κ3) is 6.19. The summed E-state index contributed by atoms with van der Waals surface area (Å²) in [6, 6.07) is 13.6. The Morgan fingerprint density at radius 2 is 1.89 bits per heavy atom. The molecule has 2 N–H and O–H groups in total. The maximum absolute atomic E-state index is 13.5. The van der Waals surface area contributed by atoms with Gasteiger partial charge in [0, 0.05) is 25.7 Å². The number of thioether (sulfide) groups is 1. The number of aliphatic carboxylic acids is 1. The number of nitrogens with zero attached hydrogens (tertiary/aromatic N) is 3. The SMILES string of the molecule is CC(=O)O.CCCN1C(=O)/C(=C/c2c(NC(C)c3ccccc3)nc3c(C)cccn3c2=O)SC1=S. The van der Waals surface area contributed by atoms with Crippen LogP contribution in [0.2, 0.25) is 0 Å². The van der Waals surface area contributed by atoms with E-state index in [2.05, 4.69) is 5.32 Å². The van der Waals surface area contributed by atoms with Crippen molar-refractivity contribution in [2.45, 2.75) is 40.2 Å². The maximum Gasteiger partial charge on any atom is 0.300 e. The zero-order chi connectivity index (χ0) is 26.4. The Morgan fingerprint density at radius 1 is 1.22 bits per heavy atom. The molecular weight excluding hydrogens is 496 g/mol. The third-order valence-electron chi connectivity index (χ3n) is 5.33. The Hall–Kier alpha value is -3.50. The molecule has 2 aromatic heterocycles. The molecule has 0 saturated carbocycles. The van der Waals surface area contributed by atoms with E-state index in [4.69, 9.17) is 27.1 Å². The predicted molar refractivity (Wildman–Crippen MR) is 148 cm³/mol. The van der Waals surface area contributed by atoms with Crippen molar-refractivity contribution in [1.29, 1.82) is 0 Å². The summed E-state index contributed by atoms with van der Waals surface area (Å²) in [7, 11) is 0. The number of fused-ring (bicyclic) bond motifs is 1. The first-order chi connectivity index (χ1) is 17.1. The van der Waals surface area contributed by atoms with Gasteiger partial charge in [-0.3, -0.25) is 23.7 Å². The highest BCUT2D eigenvalue weighted by molar-refractivity contribution is 8.26. The second kappa shape index (κ2) is 12.0. The summed E-state index contributed by atoms with van der Waals surface area (Å²) in [6.07, 6.45) is 4.13. The Balaban J connectivity index is 0.000000840. The van der Waals surface area contributed by atoms with Gasteiger partial charge in [0.15, 0.2) is 0 Å². The zero-order valence-corrected chi connectivity index (χ0v) is 22.2. The topological polar surface area (TPSA) is 104 Å². The number of pyridine rings is 1. The largest absolute Gasteiger partial charge is 0.481 e. The number of carbonyl (C=O) groups excluding carboxylic acids is 1. The molecule has 1 saturated heterocycles. The van der Waals surface area contributed by atoms with E-state index < -0.39 is 5.97 Å². The molecule has 0 spiro atoms. The van der Waals surface area contributed by atoms with Crippen LogP contribution in [0.4, 0.5) is 5.82 Å². The van der Waals surface area contributed by atoms with Crippen molar-refractivity contribution in [2.75, 3.05) is 11.9 Å². The molecule has 0 bridgehead atoms. The molecule has 1 fully saturated rings. The van der Waals surface area contributed by atoms with Gasteiger partial charge >= 0.3 is 0 Å². The molecule has 1 aliphatic heterocycles. The van der Waals surface area contributed by atoms with Gasteiger partial charge in [-0.15, -0.1) is 0 Å². The summed E-state index contributed by atoms with van der Waals surface area (Å²) in [5.74, 6) is -0.556. The molecule has 1 unspecified atom stereocenters.